The number of H-pyrrole nitrogens is 1. The highest BCUT2D eigenvalue weighted by Gasteiger charge is 2.13. The summed E-state index contributed by atoms with van der Waals surface area (Å²) in [6.07, 6.45) is 1.52. The van der Waals surface area contributed by atoms with Crippen molar-refractivity contribution in [1.29, 1.82) is 0 Å². The van der Waals surface area contributed by atoms with Gasteiger partial charge in [0.15, 0.2) is 0 Å². The zero-order chi connectivity index (χ0) is 15.5. The van der Waals surface area contributed by atoms with Crippen molar-refractivity contribution in [2.75, 3.05) is 0 Å². The number of hydrogen-bond donors (Lipinski definition) is 2. The number of carbonyl (C=O) groups is 1. The Kier molecular flexibility index (Phi) is 4.16. The van der Waals surface area contributed by atoms with Gasteiger partial charge in [-0.15, -0.1) is 11.3 Å². The van der Waals surface area contributed by atoms with E-state index in [4.69, 9.17) is 4.52 Å². The first kappa shape index (κ1) is 14.7. The number of halogens is 1. The topological polar surface area (TPSA) is 101 Å². The van der Waals surface area contributed by atoms with Crippen LogP contribution in [0.4, 0.5) is 0 Å². The van der Waals surface area contributed by atoms with Crippen LogP contribution in [0.25, 0.3) is 11.4 Å². The van der Waals surface area contributed by atoms with Gasteiger partial charge in [-0.1, -0.05) is 5.16 Å². The number of nitrogens with zero attached hydrogens (tertiary/aromatic N) is 2. The van der Waals surface area contributed by atoms with Crippen LogP contribution in [0.3, 0.4) is 0 Å². The molecule has 3 aromatic heterocycles. The van der Waals surface area contributed by atoms with Gasteiger partial charge in [-0.05, 0) is 40.2 Å². The maximum atomic E-state index is 11.9. The molecule has 0 saturated carbocycles. The van der Waals surface area contributed by atoms with Gasteiger partial charge in [-0.2, -0.15) is 4.98 Å². The molecule has 0 bridgehead atoms. The third kappa shape index (κ3) is 3.15. The number of thiophene rings is 1. The largest absolute Gasteiger partial charge is 0.342 e. The van der Waals surface area contributed by atoms with Crippen LogP contribution >= 0.6 is 27.3 Å². The lowest BCUT2D eigenvalue weighted by Gasteiger charge is -1.98. The van der Waals surface area contributed by atoms with E-state index in [1.165, 1.54) is 17.5 Å². The first-order valence-corrected chi connectivity index (χ1v) is 7.78. The van der Waals surface area contributed by atoms with Gasteiger partial charge in [-0.25, -0.2) is 0 Å². The molecule has 9 heteroatoms. The summed E-state index contributed by atoms with van der Waals surface area (Å²) in [5.41, 5.74) is 0.00772. The Morgan fingerprint density at radius 3 is 3.00 bits per heavy atom. The number of pyridine rings is 1. The summed E-state index contributed by atoms with van der Waals surface area (Å²) in [6, 6.07) is 6.78. The molecule has 0 atom stereocenters. The second-order valence-electron chi connectivity index (χ2n) is 4.21. The van der Waals surface area contributed by atoms with Gasteiger partial charge in [0.05, 0.1) is 20.8 Å². The average Bonchev–Trinajstić information content (AvgIpc) is 3.14. The minimum atomic E-state index is -0.303. The fraction of sp³-hybridized carbons (Fsp3) is 0.0769. The third-order valence-electron chi connectivity index (χ3n) is 2.72. The summed E-state index contributed by atoms with van der Waals surface area (Å²) in [5.74, 6) is 0.181. The fourth-order valence-electron chi connectivity index (χ4n) is 1.71. The molecule has 0 fully saturated rings. The molecule has 0 unspecified atom stereocenters. The normalized spacial score (nSPS) is 10.6. The van der Waals surface area contributed by atoms with Gasteiger partial charge in [0.25, 0.3) is 11.5 Å². The summed E-state index contributed by atoms with van der Waals surface area (Å²) in [6.45, 7) is 0.0894. The molecule has 3 heterocycles. The molecule has 22 heavy (non-hydrogen) atoms. The fourth-order valence-corrected chi connectivity index (χ4v) is 3.02. The molecule has 0 aliphatic heterocycles. The van der Waals surface area contributed by atoms with E-state index in [9.17, 15) is 9.59 Å². The van der Waals surface area contributed by atoms with Crippen molar-refractivity contribution < 1.29 is 9.32 Å². The number of aromatic nitrogens is 3. The molecule has 112 valence electrons. The minimum Gasteiger partial charge on any atom is -0.342 e. The van der Waals surface area contributed by atoms with E-state index in [-0.39, 0.29) is 29.7 Å². The maximum absolute atomic E-state index is 11.9. The van der Waals surface area contributed by atoms with Gasteiger partial charge in [0.2, 0.25) is 11.7 Å². The molecular formula is C13H9BrN4O3S. The van der Waals surface area contributed by atoms with Crippen LogP contribution in [0.2, 0.25) is 0 Å². The Bertz CT molecular complexity index is 870. The highest BCUT2D eigenvalue weighted by molar-refractivity contribution is 9.11. The number of nitrogens with one attached hydrogen (secondary N) is 2. The number of rotatable bonds is 4. The van der Waals surface area contributed by atoms with Crippen molar-refractivity contribution in [2.24, 2.45) is 0 Å². The van der Waals surface area contributed by atoms with E-state index in [2.05, 4.69) is 36.4 Å². The lowest BCUT2D eigenvalue weighted by molar-refractivity contribution is 0.0950. The standard InChI is InChI=1S/C13H9BrN4O3S/c14-9-4-3-8(22-9)13(20)16-6-10-17-11(18-21-10)7-2-1-5-15-12(7)19/h1-5H,6H2,(H,15,19)(H,16,20). The number of aromatic amines is 1. The highest BCUT2D eigenvalue weighted by Crippen LogP contribution is 2.21. The van der Waals surface area contributed by atoms with Crippen molar-refractivity contribution in [3.63, 3.8) is 0 Å². The van der Waals surface area contributed by atoms with Crippen LogP contribution in [0.5, 0.6) is 0 Å². The lowest BCUT2D eigenvalue weighted by Crippen LogP contribution is -2.21. The van der Waals surface area contributed by atoms with E-state index in [1.54, 1.807) is 24.3 Å². The molecule has 3 aromatic rings. The van der Waals surface area contributed by atoms with Crippen molar-refractivity contribution in [2.45, 2.75) is 6.54 Å². The second kappa shape index (κ2) is 6.24. The Morgan fingerprint density at radius 1 is 1.41 bits per heavy atom. The summed E-state index contributed by atoms with van der Waals surface area (Å²) in [4.78, 5) is 30.7. The van der Waals surface area contributed by atoms with Crippen molar-refractivity contribution in [3.8, 4) is 11.4 Å². The predicted molar refractivity (Wildman–Crippen MR) is 83.5 cm³/mol. The zero-order valence-corrected chi connectivity index (χ0v) is 13.4. The van der Waals surface area contributed by atoms with E-state index < -0.39 is 0 Å². The Hall–Kier alpha value is -2.26. The van der Waals surface area contributed by atoms with Crippen molar-refractivity contribution in [1.82, 2.24) is 20.4 Å². The van der Waals surface area contributed by atoms with Gasteiger partial charge in [0, 0.05) is 6.20 Å². The molecule has 0 aromatic carbocycles. The molecule has 0 aliphatic carbocycles. The molecule has 2 N–H and O–H groups in total. The molecular weight excluding hydrogens is 372 g/mol. The van der Waals surface area contributed by atoms with Crippen LogP contribution in [-0.4, -0.2) is 21.0 Å². The minimum absolute atomic E-state index is 0.0894. The van der Waals surface area contributed by atoms with Gasteiger partial charge >= 0.3 is 0 Å². The summed E-state index contributed by atoms with van der Waals surface area (Å²) < 4.78 is 5.91. The molecule has 0 radical (unpaired) electrons. The number of amides is 1. The zero-order valence-electron chi connectivity index (χ0n) is 11.0. The van der Waals surface area contributed by atoms with Gasteiger partial charge < -0.3 is 14.8 Å². The third-order valence-corrected chi connectivity index (χ3v) is 4.35. The summed E-state index contributed by atoms with van der Waals surface area (Å²) in [7, 11) is 0. The number of hydrogen-bond acceptors (Lipinski definition) is 6. The lowest BCUT2D eigenvalue weighted by atomic mass is 10.3. The molecule has 1 amide bonds. The van der Waals surface area contributed by atoms with E-state index in [0.29, 0.717) is 10.4 Å². The first-order chi connectivity index (χ1) is 10.6. The van der Waals surface area contributed by atoms with Crippen LogP contribution in [0.1, 0.15) is 15.6 Å². The van der Waals surface area contributed by atoms with E-state index >= 15 is 0 Å². The number of carbonyl (C=O) groups excluding carboxylic acids is 1. The highest BCUT2D eigenvalue weighted by atomic mass is 79.9. The van der Waals surface area contributed by atoms with Crippen LogP contribution in [0.15, 0.2) is 43.6 Å². The Balaban J connectivity index is 1.69. The molecule has 0 saturated heterocycles. The van der Waals surface area contributed by atoms with Gasteiger partial charge in [0.1, 0.15) is 0 Å². The second-order valence-corrected chi connectivity index (χ2v) is 6.67. The predicted octanol–water partition coefficient (Wildman–Crippen LogP) is 2.18. The van der Waals surface area contributed by atoms with E-state index in [1.807, 2.05) is 0 Å². The first-order valence-electron chi connectivity index (χ1n) is 6.17. The summed E-state index contributed by atoms with van der Waals surface area (Å²) >= 11 is 4.63. The Morgan fingerprint density at radius 2 is 2.27 bits per heavy atom. The summed E-state index contributed by atoms with van der Waals surface area (Å²) in [5, 5.41) is 6.42. The van der Waals surface area contributed by atoms with Crippen LogP contribution < -0.4 is 10.9 Å². The Labute approximate surface area is 136 Å². The van der Waals surface area contributed by atoms with E-state index in [0.717, 1.165) is 3.79 Å². The van der Waals surface area contributed by atoms with Crippen LogP contribution in [-0.2, 0) is 6.54 Å². The smallest absolute Gasteiger partial charge is 0.261 e. The van der Waals surface area contributed by atoms with Crippen LogP contribution in [0, 0.1) is 0 Å². The molecule has 7 nitrogen and oxygen atoms in total. The monoisotopic (exact) mass is 380 g/mol. The SMILES string of the molecule is O=C(NCc1nc(-c2ccc[nH]c2=O)no1)c1ccc(Br)s1. The quantitative estimate of drug-likeness (QED) is 0.722. The molecule has 0 aliphatic rings. The average molecular weight is 381 g/mol. The maximum Gasteiger partial charge on any atom is 0.261 e. The van der Waals surface area contributed by atoms with Crippen molar-refractivity contribution >= 4 is 33.2 Å². The van der Waals surface area contributed by atoms with Gasteiger partial charge in [-0.3, -0.25) is 9.59 Å². The van der Waals surface area contributed by atoms with Crippen molar-refractivity contribution in [3.05, 3.63) is 55.4 Å². The molecule has 0 spiro atoms. The molecule has 3 rings (SSSR count).